The average Bonchev–Trinajstić information content (AvgIpc) is 2.42. The molecule has 2 aromatic rings. The van der Waals surface area contributed by atoms with Gasteiger partial charge < -0.3 is 5.32 Å². The van der Waals surface area contributed by atoms with E-state index in [4.69, 9.17) is 0 Å². The third-order valence-electron chi connectivity index (χ3n) is 3.18. The van der Waals surface area contributed by atoms with Gasteiger partial charge in [-0.2, -0.15) is 11.8 Å². The Balaban J connectivity index is 1.96. The molecule has 0 bridgehead atoms. The first-order chi connectivity index (χ1) is 9.31. The monoisotopic (exact) mass is 274 g/mol. The van der Waals surface area contributed by atoms with Crippen molar-refractivity contribution in [2.24, 2.45) is 0 Å². The number of hydrogen-bond donors (Lipinski definition) is 1. The molecule has 1 N–H and O–H groups in total. The van der Waals surface area contributed by atoms with Crippen molar-refractivity contribution in [3.05, 3.63) is 36.0 Å². The summed E-state index contributed by atoms with van der Waals surface area (Å²) in [5.41, 5.74) is 3.36. The molecule has 2 rings (SSSR count). The first-order valence-corrected chi connectivity index (χ1v) is 8.30. The van der Waals surface area contributed by atoms with Crippen LogP contribution in [0.1, 0.15) is 25.0 Å². The highest BCUT2D eigenvalue weighted by molar-refractivity contribution is 7.98. The van der Waals surface area contributed by atoms with Crippen molar-refractivity contribution in [1.82, 2.24) is 4.98 Å². The number of para-hydroxylation sites is 1. The zero-order chi connectivity index (χ0) is 13.5. The second-order valence-corrected chi connectivity index (χ2v) is 5.79. The minimum atomic E-state index is 1.04. The number of fused-ring (bicyclic) bond motifs is 1. The highest BCUT2D eigenvalue weighted by Gasteiger charge is 2.02. The molecule has 0 aliphatic heterocycles. The summed E-state index contributed by atoms with van der Waals surface area (Å²) in [6.45, 7) is 3.10. The molecule has 0 aliphatic rings. The lowest BCUT2D eigenvalue weighted by molar-refractivity contribution is 0.750. The molecule has 1 aromatic carbocycles. The molecule has 0 amide bonds. The van der Waals surface area contributed by atoms with Crippen molar-refractivity contribution in [1.29, 1.82) is 0 Å². The molecule has 2 nitrogen and oxygen atoms in total. The third-order valence-corrected chi connectivity index (χ3v) is 3.88. The highest BCUT2D eigenvalue weighted by atomic mass is 32.2. The number of aryl methyl sites for hydroxylation is 1. The summed E-state index contributed by atoms with van der Waals surface area (Å²) in [5, 5.41) is 4.78. The summed E-state index contributed by atoms with van der Waals surface area (Å²) < 4.78 is 0. The standard InChI is InChI=1S/C16H22N2S/c1-13-12-16(17-10-6-3-7-11-19-2)14-8-4-5-9-15(14)18-13/h4-5,8-9,12H,3,6-7,10-11H2,1-2H3,(H,17,18). The number of nitrogens with zero attached hydrogens (tertiary/aromatic N) is 1. The van der Waals surface area contributed by atoms with Gasteiger partial charge in [0, 0.05) is 23.3 Å². The second kappa shape index (κ2) is 7.39. The lowest BCUT2D eigenvalue weighted by atomic mass is 10.1. The fourth-order valence-corrected chi connectivity index (χ4v) is 2.72. The van der Waals surface area contributed by atoms with E-state index >= 15 is 0 Å². The smallest absolute Gasteiger partial charge is 0.0725 e. The molecule has 0 unspecified atom stereocenters. The van der Waals surface area contributed by atoms with Gasteiger partial charge >= 0.3 is 0 Å². The van der Waals surface area contributed by atoms with Crippen molar-refractivity contribution in [3.8, 4) is 0 Å². The molecule has 0 saturated carbocycles. The predicted octanol–water partition coefficient (Wildman–Crippen LogP) is 4.49. The van der Waals surface area contributed by atoms with Gasteiger partial charge in [0.2, 0.25) is 0 Å². The Morgan fingerprint density at radius 3 is 2.84 bits per heavy atom. The third kappa shape index (κ3) is 4.13. The van der Waals surface area contributed by atoms with E-state index in [1.54, 1.807) is 0 Å². The summed E-state index contributed by atoms with van der Waals surface area (Å²) in [4.78, 5) is 4.56. The Morgan fingerprint density at radius 2 is 2.00 bits per heavy atom. The maximum atomic E-state index is 4.56. The molecule has 3 heteroatoms. The number of hydrogen-bond acceptors (Lipinski definition) is 3. The van der Waals surface area contributed by atoms with Crippen molar-refractivity contribution < 1.29 is 0 Å². The summed E-state index contributed by atoms with van der Waals surface area (Å²) >= 11 is 1.93. The number of rotatable bonds is 7. The molecule has 0 aliphatic carbocycles. The maximum absolute atomic E-state index is 4.56. The van der Waals surface area contributed by atoms with E-state index in [1.165, 1.54) is 36.1 Å². The van der Waals surface area contributed by atoms with E-state index in [0.29, 0.717) is 0 Å². The van der Waals surface area contributed by atoms with Crippen molar-refractivity contribution in [2.75, 3.05) is 23.9 Å². The minimum absolute atomic E-state index is 1.04. The number of aromatic nitrogens is 1. The summed E-state index contributed by atoms with van der Waals surface area (Å²) in [6, 6.07) is 10.5. The van der Waals surface area contributed by atoms with Gasteiger partial charge in [0.05, 0.1) is 5.52 Å². The Bertz CT molecular complexity index is 525. The molecule has 19 heavy (non-hydrogen) atoms. The summed E-state index contributed by atoms with van der Waals surface area (Å²) in [7, 11) is 0. The highest BCUT2D eigenvalue weighted by Crippen LogP contribution is 2.22. The van der Waals surface area contributed by atoms with Gasteiger partial charge in [0.25, 0.3) is 0 Å². The molecule has 0 saturated heterocycles. The lowest BCUT2D eigenvalue weighted by Gasteiger charge is -2.10. The van der Waals surface area contributed by atoms with Crippen LogP contribution in [-0.4, -0.2) is 23.5 Å². The topological polar surface area (TPSA) is 24.9 Å². The van der Waals surface area contributed by atoms with Crippen molar-refractivity contribution >= 4 is 28.4 Å². The maximum Gasteiger partial charge on any atom is 0.0725 e. The quantitative estimate of drug-likeness (QED) is 0.753. The summed E-state index contributed by atoms with van der Waals surface area (Å²) in [5.74, 6) is 1.28. The number of pyridine rings is 1. The van der Waals surface area contributed by atoms with E-state index in [2.05, 4.69) is 47.7 Å². The molecule has 0 radical (unpaired) electrons. The predicted molar refractivity (Wildman–Crippen MR) is 87.2 cm³/mol. The van der Waals surface area contributed by atoms with Crippen LogP contribution in [0.2, 0.25) is 0 Å². The van der Waals surface area contributed by atoms with Crippen LogP contribution in [0.3, 0.4) is 0 Å². The SMILES string of the molecule is CSCCCCCNc1cc(C)nc2ccccc12. The van der Waals surface area contributed by atoms with Crippen LogP contribution in [0, 0.1) is 6.92 Å². The van der Waals surface area contributed by atoms with Crippen LogP contribution in [0.4, 0.5) is 5.69 Å². The Morgan fingerprint density at radius 1 is 1.16 bits per heavy atom. The number of thioether (sulfide) groups is 1. The number of benzene rings is 1. The number of anilines is 1. The Labute approximate surface area is 120 Å². The molecule has 1 heterocycles. The van der Waals surface area contributed by atoms with Gasteiger partial charge in [-0.25, -0.2) is 0 Å². The van der Waals surface area contributed by atoms with E-state index in [1.807, 2.05) is 17.8 Å². The van der Waals surface area contributed by atoms with E-state index in [0.717, 1.165) is 17.8 Å². The summed E-state index contributed by atoms with van der Waals surface area (Å²) in [6.07, 6.45) is 6.02. The first kappa shape index (κ1) is 14.2. The van der Waals surface area contributed by atoms with Gasteiger partial charge in [-0.3, -0.25) is 4.98 Å². The minimum Gasteiger partial charge on any atom is -0.384 e. The van der Waals surface area contributed by atoms with Crippen molar-refractivity contribution in [2.45, 2.75) is 26.2 Å². The largest absolute Gasteiger partial charge is 0.384 e. The van der Waals surface area contributed by atoms with E-state index < -0.39 is 0 Å². The van der Waals surface area contributed by atoms with E-state index in [-0.39, 0.29) is 0 Å². The first-order valence-electron chi connectivity index (χ1n) is 6.90. The fourth-order valence-electron chi connectivity index (χ4n) is 2.23. The molecular weight excluding hydrogens is 252 g/mol. The molecule has 102 valence electrons. The van der Waals surface area contributed by atoms with E-state index in [9.17, 15) is 0 Å². The number of nitrogens with one attached hydrogen (secondary N) is 1. The van der Waals surface area contributed by atoms with Gasteiger partial charge in [0.1, 0.15) is 0 Å². The molecule has 0 atom stereocenters. The molecule has 1 aromatic heterocycles. The number of unbranched alkanes of at least 4 members (excludes halogenated alkanes) is 2. The van der Waals surface area contributed by atoms with Crippen LogP contribution in [0.25, 0.3) is 10.9 Å². The van der Waals surface area contributed by atoms with Gasteiger partial charge in [0.15, 0.2) is 0 Å². The van der Waals surface area contributed by atoms with Crippen molar-refractivity contribution in [3.63, 3.8) is 0 Å². The van der Waals surface area contributed by atoms with Gasteiger partial charge in [-0.05, 0) is 43.9 Å². The second-order valence-electron chi connectivity index (χ2n) is 4.81. The van der Waals surface area contributed by atoms with Gasteiger partial charge in [-0.1, -0.05) is 24.6 Å². The van der Waals surface area contributed by atoms with Crippen LogP contribution in [0.15, 0.2) is 30.3 Å². The van der Waals surface area contributed by atoms with Crippen LogP contribution < -0.4 is 5.32 Å². The van der Waals surface area contributed by atoms with Crippen LogP contribution in [0.5, 0.6) is 0 Å². The lowest BCUT2D eigenvalue weighted by Crippen LogP contribution is -2.03. The average molecular weight is 274 g/mol. The zero-order valence-electron chi connectivity index (χ0n) is 11.8. The van der Waals surface area contributed by atoms with Gasteiger partial charge in [-0.15, -0.1) is 0 Å². The Hall–Kier alpha value is -1.22. The fraction of sp³-hybridized carbons (Fsp3) is 0.438. The molecular formula is C16H22N2S. The molecule has 0 spiro atoms. The molecule has 0 fully saturated rings. The van der Waals surface area contributed by atoms with Crippen LogP contribution >= 0.6 is 11.8 Å². The van der Waals surface area contributed by atoms with Crippen LogP contribution in [-0.2, 0) is 0 Å². The normalized spacial score (nSPS) is 10.8. The Kier molecular flexibility index (Phi) is 5.52. The zero-order valence-corrected chi connectivity index (χ0v) is 12.6.